The molecule has 0 saturated carbocycles. The third-order valence-electron chi connectivity index (χ3n) is 3.05. The van der Waals surface area contributed by atoms with Gasteiger partial charge in [-0.05, 0) is 24.1 Å². The van der Waals surface area contributed by atoms with Gasteiger partial charge in [-0.15, -0.1) is 0 Å². The monoisotopic (exact) mass is 252 g/mol. The number of nitrogens with two attached hydrogens (primary N) is 1. The second-order valence-electron chi connectivity index (χ2n) is 4.60. The minimum atomic E-state index is -0.474. The minimum Gasteiger partial charge on any atom is -0.389 e. The molecule has 0 aliphatic rings. The van der Waals surface area contributed by atoms with Crippen LogP contribution in [0.25, 0.3) is 0 Å². The molecule has 0 saturated heterocycles. The van der Waals surface area contributed by atoms with Gasteiger partial charge in [0.05, 0.1) is 12.7 Å². The Balaban J connectivity index is 2.61. The predicted molar refractivity (Wildman–Crippen MR) is 74.8 cm³/mol. The highest BCUT2D eigenvalue weighted by atomic mass is 16.5. The number of nitrogens with zero attached hydrogens (tertiary/aromatic N) is 1. The van der Waals surface area contributed by atoms with E-state index in [0.717, 1.165) is 17.7 Å². The molecule has 4 heteroatoms. The Morgan fingerprint density at radius 2 is 1.94 bits per heavy atom. The number of ether oxygens (including phenoxy) is 1. The fourth-order valence-corrected chi connectivity index (χ4v) is 1.88. The number of benzene rings is 1. The molecule has 4 nitrogen and oxygen atoms in total. The Hall–Kier alpha value is -1.10. The maximum atomic E-state index is 9.68. The highest BCUT2D eigenvalue weighted by Crippen LogP contribution is 2.19. The predicted octanol–water partition coefficient (Wildman–Crippen LogP) is 1.54. The van der Waals surface area contributed by atoms with E-state index in [1.165, 1.54) is 0 Å². The van der Waals surface area contributed by atoms with E-state index in [9.17, 15) is 5.11 Å². The molecular formula is C14H24N2O2. The third-order valence-corrected chi connectivity index (χ3v) is 3.05. The lowest BCUT2D eigenvalue weighted by Crippen LogP contribution is -2.31. The number of rotatable bonds is 7. The molecular weight excluding hydrogens is 228 g/mol. The third kappa shape index (κ3) is 4.29. The summed E-state index contributed by atoms with van der Waals surface area (Å²) in [7, 11) is 3.54. The van der Waals surface area contributed by atoms with Crippen molar-refractivity contribution in [3.8, 4) is 0 Å². The average Bonchev–Trinajstić information content (AvgIpc) is 2.38. The zero-order chi connectivity index (χ0) is 13.5. The number of hydrogen-bond acceptors (Lipinski definition) is 4. The van der Waals surface area contributed by atoms with Crippen LogP contribution in [-0.4, -0.2) is 38.5 Å². The van der Waals surface area contributed by atoms with Gasteiger partial charge in [0.2, 0.25) is 0 Å². The first-order valence-electron chi connectivity index (χ1n) is 6.32. The number of methoxy groups -OCH3 is 1. The summed E-state index contributed by atoms with van der Waals surface area (Å²) in [5.74, 6) is 0. The standard InChI is InChI=1S/C14H24N2O2/c1-4-14(15)11-5-7-12(8-6-11)16(2)9-13(17)10-18-3/h5-8,13-14,17H,4,9-10,15H2,1-3H3/t13?,14-/m1/s1. The van der Waals surface area contributed by atoms with Gasteiger partial charge in [-0.25, -0.2) is 0 Å². The number of anilines is 1. The van der Waals surface area contributed by atoms with Gasteiger partial charge in [0, 0.05) is 32.4 Å². The van der Waals surface area contributed by atoms with Crippen molar-refractivity contribution in [3.63, 3.8) is 0 Å². The van der Waals surface area contributed by atoms with Crippen LogP contribution in [0.5, 0.6) is 0 Å². The molecule has 1 rings (SSSR count). The summed E-state index contributed by atoms with van der Waals surface area (Å²) < 4.78 is 4.91. The molecule has 1 aromatic rings. The van der Waals surface area contributed by atoms with E-state index in [1.807, 2.05) is 36.2 Å². The maximum absolute atomic E-state index is 9.68. The Morgan fingerprint density at radius 1 is 1.33 bits per heavy atom. The van der Waals surface area contributed by atoms with E-state index >= 15 is 0 Å². The van der Waals surface area contributed by atoms with E-state index in [2.05, 4.69) is 6.92 Å². The van der Waals surface area contributed by atoms with Crippen LogP contribution < -0.4 is 10.6 Å². The first-order chi connectivity index (χ1) is 8.58. The van der Waals surface area contributed by atoms with Gasteiger partial charge in [0.15, 0.2) is 0 Å². The molecule has 0 aromatic heterocycles. The largest absolute Gasteiger partial charge is 0.389 e. The highest BCUT2D eigenvalue weighted by Gasteiger charge is 2.09. The van der Waals surface area contributed by atoms with Crippen molar-refractivity contribution >= 4 is 5.69 Å². The van der Waals surface area contributed by atoms with Gasteiger partial charge in [0.25, 0.3) is 0 Å². The Kier molecular flexibility index (Phi) is 6.12. The molecule has 0 spiro atoms. The molecule has 1 unspecified atom stereocenters. The summed E-state index contributed by atoms with van der Waals surface area (Å²) in [5, 5.41) is 9.68. The van der Waals surface area contributed by atoms with Crippen molar-refractivity contribution in [2.24, 2.45) is 5.73 Å². The lowest BCUT2D eigenvalue weighted by Gasteiger charge is -2.23. The van der Waals surface area contributed by atoms with E-state index in [1.54, 1.807) is 7.11 Å². The molecule has 1 aromatic carbocycles. The van der Waals surface area contributed by atoms with E-state index < -0.39 is 6.10 Å². The number of hydrogen-bond donors (Lipinski definition) is 2. The zero-order valence-corrected chi connectivity index (χ0v) is 11.5. The van der Waals surface area contributed by atoms with Crippen LogP contribution in [0.15, 0.2) is 24.3 Å². The van der Waals surface area contributed by atoms with E-state index in [-0.39, 0.29) is 6.04 Å². The molecule has 0 aliphatic carbocycles. The van der Waals surface area contributed by atoms with E-state index in [0.29, 0.717) is 13.2 Å². The van der Waals surface area contributed by atoms with Crippen LogP contribution >= 0.6 is 0 Å². The molecule has 0 fully saturated rings. The van der Waals surface area contributed by atoms with Crippen LogP contribution in [0.1, 0.15) is 24.9 Å². The van der Waals surface area contributed by atoms with Crippen molar-refractivity contribution in [3.05, 3.63) is 29.8 Å². The van der Waals surface area contributed by atoms with Crippen LogP contribution in [0.3, 0.4) is 0 Å². The summed E-state index contributed by atoms with van der Waals surface area (Å²) in [6.07, 6.45) is 0.458. The molecule has 2 atom stereocenters. The normalized spacial score (nSPS) is 14.3. The molecule has 102 valence electrons. The summed E-state index contributed by atoms with van der Waals surface area (Å²) in [5.41, 5.74) is 8.18. The molecule has 0 heterocycles. The molecule has 0 amide bonds. The fourth-order valence-electron chi connectivity index (χ4n) is 1.88. The van der Waals surface area contributed by atoms with E-state index in [4.69, 9.17) is 10.5 Å². The van der Waals surface area contributed by atoms with Gasteiger partial charge in [-0.1, -0.05) is 19.1 Å². The molecule has 0 aliphatic heterocycles. The van der Waals surface area contributed by atoms with Crippen molar-refractivity contribution in [2.75, 3.05) is 32.2 Å². The summed E-state index contributed by atoms with van der Waals surface area (Å²) in [6, 6.07) is 8.25. The first-order valence-corrected chi connectivity index (χ1v) is 6.32. The van der Waals surface area contributed by atoms with Gasteiger partial charge in [-0.3, -0.25) is 0 Å². The highest BCUT2D eigenvalue weighted by molar-refractivity contribution is 5.47. The smallest absolute Gasteiger partial charge is 0.0947 e. The summed E-state index contributed by atoms with van der Waals surface area (Å²) in [6.45, 7) is 2.97. The van der Waals surface area contributed by atoms with Gasteiger partial charge < -0.3 is 20.5 Å². The van der Waals surface area contributed by atoms with Gasteiger partial charge in [-0.2, -0.15) is 0 Å². The second kappa shape index (κ2) is 7.36. The molecule has 0 bridgehead atoms. The lowest BCUT2D eigenvalue weighted by atomic mass is 10.1. The fraction of sp³-hybridized carbons (Fsp3) is 0.571. The summed E-state index contributed by atoms with van der Waals surface area (Å²) >= 11 is 0. The topological polar surface area (TPSA) is 58.7 Å². The Morgan fingerprint density at radius 3 is 2.44 bits per heavy atom. The van der Waals surface area contributed by atoms with Crippen molar-refractivity contribution in [1.82, 2.24) is 0 Å². The van der Waals surface area contributed by atoms with Crippen molar-refractivity contribution in [2.45, 2.75) is 25.5 Å². The second-order valence-corrected chi connectivity index (χ2v) is 4.60. The van der Waals surface area contributed by atoms with Crippen LogP contribution in [0.2, 0.25) is 0 Å². The van der Waals surface area contributed by atoms with Crippen molar-refractivity contribution in [1.29, 1.82) is 0 Å². The lowest BCUT2D eigenvalue weighted by molar-refractivity contribution is 0.0695. The van der Waals surface area contributed by atoms with Crippen molar-refractivity contribution < 1.29 is 9.84 Å². The molecule has 0 radical (unpaired) electrons. The summed E-state index contributed by atoms with van der Waals surface area (Å²) in [4.78, 5) is 2.00. The Bertz CT molecular complexity index is 340. The van der Waals surface area contributed by atoms with Gasteiger partial charge >= 0.3 is 0 Å². The molecule has 3 N–H and O–H groups in total. The minimum absolute atomic E-state index is 0.100. The van der Waals surface area contributed by atoms with Crippen LogP contribution in [-0.2, 0) is 4.74 Å². The Labute approximate surface area is 109 Å². The van der Waals surface area contributed by atoms with Gasteiger partial charge in [0.1, 0.15) is 0 Å². The quantitative estimate of drug-likeness (QED) is 0.773. The zero-order valence-electron chi connectivity index (χ0n) is 11.5. The van der Waals surface area contributed by atoms with Crippen LogP contribution in [0.4, 0.5) is 5.69 Å². The first kappa shape index (κ1) is 15.0. The maximum Gasteiger partial charge on any atom is 0.0947 e. The SMILES string of the molecule is CC[C@@H](N)c1ccc(N(C)CC(O)COC)cc1. The molecule has 18 heavy (non-hydrogen) atoms. The average molecular weight is 252 g/mol. The number of aliphatic hydroxyl groups excluding tert-OH is 1. The van der Waals surface area contributed by atoms with Crippen LogP contribution in [0, 0.1) is 0 Å². The number of aliphatic hydroxyl groups is 1. The number of likely N-dealkylation sites (N-methyl/N-ethyl adjacent to an activating group) is 1.